The summed E-state index contributed by atoms with van der Waals surface area (Å²) in [6, 6.07) is 0. The van der Waals surface area contributed by atoms with Crippen molar-refractivity contribution in [1.82, 2.24) is 5.32 Å². The fourth-order valence-corrected chi connectivity index (χ4v) is 0.937. The van der Waals surface area contributed by atoms with E-state index >= 15 is 0 Å². The fourth-order valence-electron chi connectivity index (χ4n) is 0.937. The van der Waals surface area contributed by atoms with Crippen LogP contribution in [0, 0.1) is 0 Å². The topological polar surface area (TPSA) is 72.4 Å². The molecule has 0 saturated heterocycles. The minimum absolute atomic E-state index is 0. The summed E-state index contributed by atoms with van der Waals surface area (Å²) in [4.78, 5) is 10.6. The van der Waals surface area contributed by atoms with Gasteiger partial charge in [-0.1, -0.05) is 0 Å². The van der Waals surface area contributed by atoms with Gasteiger partial charge < -0.3 is 15.0 Å². The molecule has 0 rings (SSSR count). The van der Waals surface area contributed by atoms with Crippen molar-refractivity contribution in [2.45, 2.75) is 38.8 Å². The third-order valence-corrected chi connectivity index (χ3v) is 1.56. The molecule has 0 heterocycles. The van der Waals surface area contributed by atoms with Gasteiger partial charge in [0.1, 0.15) is 0 Å². The molecule has 0 spiro atoms. The first kappa shape index (κ1) is 15.8. The van der Waals surface area contributed by atoms with Gasteiger partial charge in [-0.05, 0) is 27.7 Å². The molecule has 0 atom stereocenters. The van der Waals surface area contributed by atoms with Crippen LogP contribution in [0.2, 0.25) is 0 Å². The standard InChI is InChI=1S/C8H17NO3.Na/c1-7(2,5-10)9-8(3,4)6(11)12;/h9-10H,5H2,1-4H3,(H,11,12);/q;+1/p-1. The predicted octanol–water partition coefficient (Wildman–Crippen LogP) is -4.12. The Morgan fingerprint density at radius 1 is 1.38 bits per heavy atom. The molecule has 0 aliphatic rings. The Bertz CT molecular complexity index is 180. The van der Waals surface area contributed by atoms with Crippen LogP contribution >= 0.6 is 0 Å². The van der Waals surface area contributed by atoms with Gasteiger partial charge in [0.05, 0.1) is 18.1 Å². The van der Waals surface area contributed by atoms with Crippen LogP contribution in [0.15, 0.2) is 0 Å². The van der Waals surface area contributed by atoms with E-state index in [4.69, 9.17) is 5.11 Å². The molecule has 0 amide bonds. The maximum atomic E-state index is 10.6. The number of nitrogens with one attached hydrogen (secondary N) is 1. The van der Waals surface area contributed by atoms with E-state index in [2.05, 4.69) is 5.32 Å². The summed E-state index contributed by atoms with van der Waals surface area (Å²) >= 11 is 0. The number of aliphatic hydroxyl groups excluding tert-OH is 1. The van der Waals surface area contributed by atoms with Gasteiger partial charge in [0.15, 0.2) is 0 Å². The Hall–Kier alpha value is 0.390. The molecular formula is C8H16NNaO3. The van der Waals surface area contributed by atoms with E-state index in [1.807, 2.05) is 0 Å². The predicted molar refractivity (Wildman–Crippen MR) is 43.4 cm³/mol. The molecule has 0 radical (unpaired) electrons. The zero-order valence-electron chi connectivity index (χ0n) is 8.97. The molecule has 0 unspecified atom stereocenters. The molecule has 0 bridgehead atoms. The quantitative estimate of drug-likeness (QED) is 0.449. The minimum atomic E-state index is -1.18. The summed E-state index contributed by atoms with van der Waals surface area (Å²) in [5.74, 6) is -1.18. The Morgan fingerprint density at radius 2 is 1.77 bits per heavy atom. The van der Waals surface area contributed by atoms with Crippen LogP contribution in [0.4, 0.5) is 0 Å². The van der Waals surface area contributed by atoms with Gasteiger partial charge in [0.25, 0.3) is 0 Å². The SMILES string of the molecule is CC(C)(CO)NC(C)(C)C(=O)[O-].[Na+]. The van der Waals surface area contributed by atoms with Crippen molar-refractivity contribution in [3.63, 3.8) is 0 Å². The van der Waals surface area contributed by atoms with E-state index in [-0.39, 0.29) is 36.2 Å². The number of carboxylic acids is 1. The molecular weight excluding hydrogens is 181 g/mol. The number of carbonyl (C=O) groups is 1. The molecule has 0 aromatic heterocycles. The normalized spacial score (nSPS) is 12.1. The van der Waals surface area contributed by atoms with Gasteiger partial charge in [0, 0.05) is 5.54 Å². The van der Waals surface area contributed by atoms with Crippen LogP contribution in [-0.2, 0) is 4.79 Å². The third-order valence-electron chi connectivity index (χ3n) is 1.56. The maximum Gasteiger partial charge on any atom is 1.00 e. The number of rotatable bonds is 4. The first-order chi connectivity index (χ1) is 5.21. The molecule has 0 aromatic rings. The van der Waals surface area contributed by atoms with Crippen LogP contribution < -0.4 is 40.0 Å². The Kier molecular flexibility index (Phi) is 6.48. The fraction of sp³-hybridized carbons (Fsp3) is 0.875. The van der Waals surface area contributed by atoms with Gasteiger partial charge in [-0.25, -0.2) is 0 Å². The van der Waals surface area contributed by atoms with Crippen LogP contribution in [-0.4, -0.2) is 28.8 Å². The van der Waals surface area contributed by atoms with Crippen molar-refractivity contribution >= 4 is 5.97 Å². The van der Waals surface area contributed by atoms with Crippen LogP contribution in [0.25, 0.3) is 0 Å². The van der Waals surface area contributed by atoms with Gasteiger partial charge in [-0.2, -0.15) is 0 Å². The first-order valence-corrected chi connectivity index (χ1v) is 3.83. The third kappa shape index (κ3) is 5.65. The summed E-state index contributed by atoms with van der Waals surface area (Å²) in [5, 5.41) is 22.2. The Balaban J connectivity index is 0. The molecule has 0 aliphatic heterocycles. The van der Waals surface area contributed by atoms with Crippen LogP contribution in [0.3, 0.4) is 0 Å². The molecule has 5 heteroatoms. The van der Waals surface area contributed by atoms with Gasteiger partial charge >= 0.3 is 29.6 Å². The zero-order valence-corrected chi connectivity index (χ0v) is 11.0. The van der Waals surface area contributed by atoms with Crippen molar-refractivity contribution in [3.8, 4) is 0 Å². The second-order valence-electron chi connectivity index (χ2n) is 4.08. The first-order valence-electron chi connectivity index (χ1n) is 3.83. The number of carbonyl (C=O) groups excluding carboxylic acids is 1. The Morgan fingerprint density at radius 3 is 2.00 bits per heavy atom. The van der Waals surface area contributed by atoms with Crippen LogP contribution in [0.1, 0.15) is 27.7 Å². The molecule has 0 fully saturated rings. The molecule has 0 aromatic carbocycles. The summed E-state index contributed by atoms with van der Waals surface area (Å²) in [7, 11) is 0. The summed E-state index contributed by atoms with van der Waals surface area (Å²) in [6.07, 6.45) is 0. The van der Waals surface area contributed by atoms with Crippen molar-refractivity contribution in [3.05, 3.63) is 0 Å². The van der Waals surface area contributed by atoms with Crippen LogP contribution in [0.5, 0.6) is 0 Å². The molecule has 2 N–H and O–H groups in total. The average molecular weight is 197 g/mol. The monoisotopic (exact) mass is 197 g/mol. The van der Waals surface area contributed by atoms with Crippen molar-refractivity contribution in [1.29, 1.82) is 0 Å². The van der Waals surface area contributed by atoms with Gasteiger partial charge in [-0.15, -0.1) is 0 Å². The number of aliphatic carboxylic acids is 1. The van der Waals surface area contributed by atoms with E-state index in [1.165, 1.54) is 13.8 Å². The number of hydrogen-bond donors (Lipinski definition) is 2. The largest absolute Gasteiger partial charge is 1.00 e. The second-order valence-corrected chi connectivity index (χ2v) is 4.08. The van der Waals surface area contributed by atoms with E-state index in [0.29, 0.717) is 0 Å². The maximum absolute atomic E-state index is 10.6. The summed E-state index contributed by atoms with van der Waals surface area (Å²) in [6.45, 7) is 6.32. The number of hydrogen-bond acceptors (Lipinski definition) is 4. The van der Waals surface area contributed by atoms with E-state index < -0.39 is 17.0 Å². The molecule has 72 valence electrons. The smallest absolute Gasteiger partial charge is 0.548 e. The molecule has 0 aliphatic carbocycles. The average Bonchev–Trinajstić information content (AvgIpc) is 1.85. The van der Waals surface area contributed by atoms with E-state index in [0.717, 1.165) is 0 Å². The van der Waals surface area contributed by atoms with E-state index in [1.54, 1.807) is 13.8 Å². The molecule has 13 heavy (non-hydrogen) atoms. The second kappa shape index (κ2) is 5.32. The van der Waals surface area contributed by atoms with Crippen molar-refractivity contribution in [2.24, 2.45) is 0 Å². The van der Waals surface area contributed by atoms with Crippen molar-refractivity contribution < 1.29 is 44.6 Å². The Labute approximate surface area is 101 Å². The van der Waals surface area contributed by atoms with Gasteiger partial charge in [-0.3, -0.25) is 5.32 Å². The minimum Gasteiger partial charge on any atom is -0.548 e. The molecule has 4 nitrogen and oxygen atoms in total. The van der Waals surface area contributed by atoms with E-state index in [9.17, 15) is 9.90 Å². The zero-order chi connectivity index (χ0) is 9.99. The number of aliphatic hydroxyl groups is 1. The summed E-state index contributed by atoms with van der Waals surface area (Å²) in [5.41, 5.74) is -1.73. The van der Waals surface area contributed by atoms with Gasteiger partial charge in [0.2, 0.25) is 0 Å². The summed E-state index contributed by atoms with van der Waals surface area (Å²) < 4.78 is 0. The molecule has 0 saturated carbocycles. The van der Waals surface area contributed by atoms with Crippen molar-refractivity contribution in [2.75, 3.05) is 6.61 Å². The number of carboxylic acid groups (broad SMARTS) is 1.